The zero-order chi connectivity index (χ0) is 30.3. The largest absolute Gasteiger partial charge is 0.341 e. The number of aryl methyl sites for hydroxylation is 2. The fourth-order valence-electron chi connectivity index (χ4n) is 7.27. The summed E-state index contributed by atoms with van der Waals surface area (Å²) >= 11 is 0. The molecule has 7 aromatic rings. The highest BCUT2D eigenvalue weighted by atomic mass is 16.1. The van der Waals surface area contributed by atoms with E-state index in [-0.39, 0.29) is 5.56 Å². The van der Waals surface area contributed by atoms with Crippen molar-refractivity contribution in [3.8, 4) is 11.4 Å². The SMILES string of the molecule is CCn1c2ccccc2c2cc(-c3nc4cc5[nH]c(=O)c(Cc6ccccc6)nc5cc4n3CCCN3CCCCC3)ccc21. The van der Waals surface area contributed by atoms with Gasteiger partial charge in [0.05, 0.1) is 22.1 Å². The van der Waals surface area contributed by atoms with Crippen LogP contribution in [-0.4, -0.2) is 48.6 Å². The molecule has 0 radical (unpaired) electrons. The van der Waals surface area contributed by atoms with Crippen LogP contribution < -0.4 is 5.56 Å². The molecule has 3 aromatic heterocycles. The van der Waals surface area contributed by atoms with E-state index in [4.69, 9.17) is 9.97 Å². The Balaban J connectivity index is 1.25. The quantitative estimate of drug-likeness (QED) is 0.197. The number of aromatic nitrogens is 5. The molecule has 4 heterocycles. The van der Waals surface area contributed by atoms with Crippen molar-refractivity contribution < 1.29 is 0 Å². The summed E-state index contributed by atoms with van der Waals surface area (Å²) in [7, 11) is 0. The maximum Gasteiger partial charge on any atom is 0.270 e. The lowest BCUT2D eigenvalue weighted by molar-refractivity contribution is 0.223. The van der Waals surface area contributed by atoms with Crippen LogP contribution in [-0.2, 0) is 19.5 Å². The minimum Gasteiger partial charge on any atom is -0.341 e. The number of H-pyrrole nitrogens is 1. The number of likely N-dealkylation sites (tertiary alicyclic amines) is 1. The molecule has 8 rings (SSSR count). The minimum atomic E-state index is -0.148. The van der Waals surface area contributed by atoms with Crippen LogP contribution >= 0.6 is 0 Å². The molecule has 0 aliphatic carbocycles. The smallest absolute Gasteiger partial charge is 0.270 e. The first-order valence-electron chi connectivity index (χ1n) is 16.4. The summed E-state index contributed by atoms with van der Waals surface area (Å²) in [5, 5.41) is 2.51. The van der Waals surface area contributed by atoms with Crippen molar-refractivity contribution in [3.05, 3.63) is 107 Å². The number of nitrogens with zero attached hydrogens (tertiary/aromatic N) is 5. The van der Waals surface area contributed by atoms with Gasteiger partial charge in [-0.2, -0.15) is 0 Å². The van der Waals surface area contributed by atoms with Gasteiger partial charge in [-0.3, -0.25) is 4.79 Å². The van der Waals surface area contributed by atoms with Gasteiger partial charge in [0.1, 0.15) is 11.5 Å². The third-order valence-corrected chi connectivity index (χ3v) is 9.50. The number of fused-ring (bicyclic) bond motifs is 5. The normalized spacial score (nSPS) is 14.3. The van der Waals surface area contributed by atoms with E-state index in [0.717, 1.165) is 65.1 Å². The van der Waals surface area contributed by atoms with Gasteiger partial charge in [-0.05, 0) is 87.8 Å². The number of benzene rings is 4. The topological polar surface area (TPSA) is 71.7 Å². The van der Waals surface area contributed by atoms with Gasteiger partial charge >= 0.3 is 0 Å². The van der Waals surface area contributed by atoms with Crippen LogP contribution in [0.3, 0.4) is 0 Å². The fourth-order valence-corrected chi connectivity index (χ4v) is 7.27. The van der Waals surface area contributed by atoms with Crippen molar-refractivity contribution in [3.63, 3.8) is 0 Å². The Labute approximate surface area is 262 Å². The van der Waals surface area contributed by atoms with Crippen LogP contribution in [0.25, 0.3) is 55.3 Å². The second-order valence-corrected chi connectivity index (χ2v) is 12.4. The zero-order valence-electron chi connectivity index (χ0n) is 25.8. The van der Waals surface area contributed by atoms with E-state index in [1.54, 1.807) is 0 Å². The molecule has 226 valence electrons. The van der Waals surface area contributed by atoms with E-state index in [9.17, 15) is 4.79 Å². The second-order valence-electron chi connectivity index (χ2n) is 12.4. The first kappa shape index (κ1) is 27.8. The molecule has 0 bridgehead atoms. The maximum absolute atomic E-state index is 13.1. The molecule has 0 amide bonds. The molecule has 1 aliphatic heterocycles. The van der Waals surface area contributed by atoms with Gasteiger partial charge < -0.3 is 19.0 Å². The number of rotatable bonds is 8. The van der Waals surface area contributed by atoms with Crippen molar-refractivity contribution in [2.75, 3.05) is 19.6 Å². The monoisotopic (exact) mass is 594 g/mol. The van der Waals surface area contributed by atoms with Gasteiger partial charge in [-0.25, -0.2) is 9.97 Å². The number of imidazole rings is 1. The zero-order valence-corrected chi connectivity index (χ0v) is 25.8. The summed E-state index contributed by atoms with van der Waals surface area (Å²) in [6.07, 6.45) is 5.48. The molecular weight excluding hydrogens is 556 g/mol. The van der Waals surface area contributed by atoms with Crippen LogP contribution in [0.5, 0.6) is 0 Å². The van der Waals surface area contributed by atoms with E-state index in [0.29, 0.717) is 12.1 Å². The first-order chi connectivity index (χ1) is 22.2. The third-order valence-electron chi connectivity index (χ3n) is 9.50. The number of hydrogen-bond donors (Lipinski definition) is 1. The lowest BCUT2D eigenvalue weighted by atomic mass is 10.1. The summed E-state index contributed by atoms with van der Waals surface area (Å²) in [6.45, 7) is 7.47. The highest BCUT2D eigenvalue weighted by molar-refractivity contribution is 6.09. The summed E-state index contributed by atoms with van der Waals surface area (Å²) in [5.74, 6) is 0.959. The predicted molar refractivity (Wildman–Crippen MR) is 184 cm³/mol. The Morgan fingerprint density at radius 1 is 0.733 bits per heavy atom. The van der Waals surface area contributed by atoms with Crippen molar-refractivity contribution in [1.82, 2.24) is 29.0 Å². The maximum atomic E-state index is 13.1. The highest BCUT2D eigenvalue weighted by Crippen LogP contribution is 2.34. The van der Waals surface area contributed by atoms with Crippen LogP contribution in [0.4, 0.5) is 0 Å². The number of piperidine rings is 1. The summed E-state index contributed by atoms with van der Waals surface area (Å²) in [4.78, 5) is 28.9. The van der Waals surface area contributed by atoms with E-state index in [1.165, 1.54) is 54.2 Å². The van der Waals surface area contributed by atoms with Gasteiger partial charge in [0.25, 0.3) is 5.56 Å². The van der Waals surface area contributed by atoms with Crippen LogP contribution in [0.15, 0.2) is 89.7 Å². The minimum absolute atomic E-state index is 0.148. The first-order valence-corrected chi connectivity index (χ1v) is 16.4. The number of hydrogen-bond acceptors (Lipinski definition) is 4. The average molecular weight is 595 g/mol. The van der Waals surface area contributed by atoms with E-state index in [2.05, 4.69) is 74.5 Å². The molecule has 0 unspecified atom stereocenters. The van der Waals surface area contributed by atoms with E-state index < -0.39 is 0 Å². The van der Waals surface area contributed by atoms with Gasteiger partial charge in [-0.15, -0.1) is 0 Å². The second kappa shape index (κ2) is 11.6. The molecule has 1 N–H and O–H groups in total. The Morgan fingerprint density at radius 2 is 1.53 bits per heavy atom. The molecule has 1 fully saturated rings. The molecule has 7 nitrogen and oxygen atoms in total. The van der Waals surface area contributed by atoms with Gasteiger partial charge in [0.2, 0.25) is 0 Å². The molecule has 7 heteroatoms. The highest BCUT2D eigenvalue weighted by Gasteiger charge is 2.18. The standard InChI is InChI=1S/C38H38N6O/c1-2-43-34-15-8-7-14-28(34)29-23-27(16-17-35(29)43)37-40-32-24-30-31(39-33(38(45)41-30)22-26-12-5-3-6-13-26)25-36(32)44(37)21-11-20-42-18-9-4-10-19-42/h3,5-8,12-17,23-25H,2,4,9-11,18-22H2,1H3,(H,41,45). The Hall–Kier alpha value is -4.75. The third kappa shape index (κ3) is 5.11. The van der Waals surface area contributed by atoms with Gasteiger partial charge in [0, 0.05) is 46.9 Å². The molecule has 0 atom stereocenters. The van der Waals surface area contributed by atoms with E-state index in [1.807, 2.05) is 36.4 Å². The summed E-state index contributed by atoms with van der Waals surface area (Å²) in [5.41, 5.74) is 8.49. The molecule has 4 aromatic carbocycles. The summed E-state index contributed by atoms with van der Waals surface area (Å²) < 4.78 is 4.76. The van der Waals surface area contributed by atoms with E-state index >= 15 is 0 Å². The van der Waals surface area contributed by atoms with Crippen molar-refractivity contribution >= 4 is 43.9 Å². The Bertz CT molecular complexity index is 2220. The van der Waals surface area contributed by atoms with Crippen LogP contribution in [0, 0.1) is 0 Å². The lowest BCUT2D eigenvalue weighted by Gasteiger charge is -2.26. The fraction of sp³-hybridized carbons (Fsp3) is 0.289. The van der Waals surface area contributed by atoms with Crippen LogP contribution in [0.1, 0.15) is 43.9 Å². The van der Waals surface area contributed by atoms with Gasteiger partial charge in [0.15, 0.2) is 0 Å². The number of nitrogens with one attached hydrogen (secondary N) is 1. The molecule has 0 saturated carbocycles. The van der Waals surface area contributed by atoms with Gasteiger partial charge in [-0.1, -0.05) is 55.0 Å². The Morgan fingerprint density at radius 3 is 2.38 bits per heavy atom. The molecule has 45 heavy (non-hydrogen) atoms. The number of para-hydroxylation sites is 1. The molecular formula is C38H38N6O. The van der Waals surface area contributed by atoms with Crippen molar-refractivity contribution in [2.45, 2.75) is 52.1 Å². The predicted octanol–water partition coefficient (Wildman–Crippen LogP) is 7.53. The summed E-state index contributed by atoms with van der Waals surface area (Å²) in [6, 6.07) is 29.6. The molecule has 1 aliphatic rings. The molecule has 0 spiro atoms. The van der Waals surface area contributed by atoms with Crippen LogP contribution in [0.2, 0.25) is 0 Å². The average Bonchev–Trinajstić information content (AvgIpc) is 3.59. The lowest BCUT2D eigenvalue weighted by Crippen LogP contribution is -2.31. The Kier molecular flexibility index (Phi) is 7.18. The number of aromatic amines is 1. The van der Waals surface area contributed by atoms with Crippen molar-refractivity contribution in [1.29, 1.82) is 0 Å². The van der Waals surface area contributed by atoms with Crippen molar-refractivity contribution in [2.24, 2.45) is 0 Å². The molecule has 1 saturated heterocycles.